The van der Waals surface area contributed by atoms with E-state index in [0.717, 1.165) is 34.4 Å². The Bertz CT molecular complexity index is 1460. The van der Waals surface area contributed by atoms with E-state index in [9.17, 15) is 19.8 Å². The molecule has 0 saturated carbocycles. The molecule has 1 fully saturated rings. The van der Waals surface area contributed by atoms with Gasteiger partial charge >= 0.3 is 11.9 Å². The smallest absolute Gasteiger partial charge is 0.335 e. The summed E-state index contributed by atoms with van der Waals surface area (Å²) in [5.41, 5.74) is 4.41. The van der Waals surface area contributed by atoms with Crippen molar-refractivity contribution in [1.29, 1.82) is 0 Å². The third-order valence-corrected chi connectivity index (χ3v) is 7.90. The number of hydrogen-bond donors (Lipinski definition) is 3. The van der Waals surface area contributed by atoms with Gasteiger partial charge in [0.25, 0.3) is 0 Å². The summed E-state index contributed by atoms with van der Waals surface area (Å²) in [6.45, 7) is 3.61. The molecule has 0 bridgehead atoms. The SMILES string of the molecule is O=C(O)c1ccc(CO[C@H]2CNC[C@@H](OCc3ccc(C(=O)O)cc3)[C@H]2c2ccc(OCCCOCc3ccccc3)cc2)cc1. The van der Waals surface area contributed by atoms with Gasteiger partial charge in [0.2, 0.25) is 0 Å². The van der Waals surface area contributed by atoms with Crippen LogP contribution in [0.1, 0.15) is 55.3 Å². The molecule has 0 amide bonds. The number of carboxylic acid groups (broad SMARTS) is 2. The second-order valence-electron chi connectivity index (χ2n) is 11.2. The summed E-state index contributed by atoms with van der Waals surface area (Å²) >= 11 is 0. The van der Waals surface area contributed by atoms with Crippen molar-refractivity contribution in [3.8, 4) is 5.75 Å². The molecule has 9 heteroatoms. The molecule has 1 heterocycles. The van der Waals surface area contributed by atoms with E-state index in [-0.39, 0.29) is 29.3 Å². The highest BCUT2D eigenvalue weighted by Crippen LogP contribution is 2.32. The minimum atomic E-state index is -0.967. The molecule has 9 nitrogen and oxygen atoms in total. The summed E-state index contributed by atoms with van der Waals surface area (Å²) in [5.74, 6) is -1.26. The number of ether oxygens (including phenoxy) is 4. The van der Waals surface area contributed by atoms with E-state index in [2.05, 4.69) is 5.32 Å². The molecule has 4 aromatic carbocycles. The highest BCUT2D eigenvalue weighted by Gasteiger charge is 2.36. The van der Waals surface area contributed by atoms with Gasteiger partial charge < -0.3 is 34.5 Å². The van der Waals surface area contributed by atoms with Gasteiger partial charge in [-0.15, -0.1) is 0 Å². The quantitative estimate of drug-likeness (QED) is 0.130. The molecule has 240 valence electrons. The molecule has 1 aliphatic heterocycles. The van der Waals surface area contributed by atoms with Gasteiger partial charge in [0, 0.05) is 25.4 Å². The van der Waals surface area contributed by atoms with Gasteiger partial charge in [-0.1, -0.05) is 66.7 Å². The molecular weight excluding hydrogens is 586 g/mol. The van der Waals surface area contributed by atoms with Crippen molar-refractivity contribution >= 4 is 11.9 Å². The van der Waals surface area contributed by atoms with Crippen molar-refractivity contribution in [2.75, 3.05) is 26.3 Å². The summed E-state index contributed by atoms with van der Waals surface area (Å²) < 4.78 is 24.6. The van der Waals surface area contributed by atoms with E-state index >= 15 is 0 Å². The summed E-state index contributed by atoms with van der Waals surface area (Å²) in [7, 11) is 0. The summed E-state index contributed by atoms with van der Waals surface area (Å²) in [5, 5.41) is 21.9. The maximum Gasteiger partial charge on any atom is 0.335 e. The molecular formula is C37H39NO8. The third-order valence-electron chi connectivity index (χ3n) is 7.90. The lowest BCUT2D eigenvalue weighted by Crippen LogP contribution is -2.50. The summed E-state index contributed by atoms with van der Waals surface area (Å²) in [4.78, 5) is 22.5. The Morgan fingerprint density at radius 1 is 0.630 bits per heavy atom. The summed E-state index contributed by atoms with van der Waals surface area (Å²) in [6, 6.07) is 31.5. The largest absolute Gasteiger partial charge is 0.494 e. The maximum absolute atomic E-state index is 11.2. The van der Waals surface area contributed by atoms with E-state index in [1.54, 1.807) is 48.5 Å². The van der Waals surface area contributed by atoms with Gasteiger partial charge in [0.05, 0.1) is 56.4 Å². The molecule has 5 rings (SSSR count). The zero-order valence-corrected chi connectivity index (χ0v) is 25.5. The van der Waals surface area contributed by atoms with E-state index < -0.39 is 11.9 Å². The number of carboxylic acids is 2. The van der Waals surface area contributed by atoms with E-state index in [4.69, 9.17) is 18.9 Å². The third kappa shape index (κ3) is 9.48. The number of nitrogens with one attached hydrogen (secondary N) is 1. The van der Waals surface area contributed by atoms with Crippen LogP contribution in [0.25, 0.3) is 0 Å². The van der Waals surface area contributed by atoms with Crippen LogP contribution in [0.15, 0.2) is 103 Å². The van der Waals surface area contributed by atoms with Crippen molar-refractivity contribution in [3.63, 3.8) is 0 Å². The number of carbonyl (C=O) groups is 2. The Morgan fingerprint density at radius 2 is 1.15 bits per heavy atom. The normalized spacial score (nSPS) is 17.8. The monoisotopic (exact) mass is 625 g/mol. The second-order valence-corrected chi connectivity index (χ2v) is 11.2. The molecule has 1 aliphatic rings. The number of piperidine rings is 1. The predicted molar refractivity (Wildman–Crippen MR) is 172 cm³/mol. The van der Waals surface area contributed by atoms with Crippen LogP contribution in [0.3, 0.4) is 0 Å². The number of aromatic carboxylic acids is 2. The fourth-order valence-electron chi connectivity index (χ4n) is 5.41. The minimum absolute atomic E-state index is 0.0988. The molecule has 3 N–H and O–H groups in total. The Labute approximate surface area is 268 Å². The van der Waals surface area contributed by atoms with Gasteiger partial charge in [0.1, 0.15) is 5.75 Å². The summed E-state index contributed by atoms with van der Waals surface area (Å²) in [6.07, 6.45) is 0.330. The minimum Gasteiger partial charge on any atom is -0.494 e. The Hall–Kier alpha value is -4.54. The van der Waals surface area contributed by atoms with Gasteiger partial charge in [-0.05, 0) is 58.7 Å². The highest BCUT2D eigenvalue weighted by molar-refractivity contribution is 5.87. The average Bonchev–Trinajstić information content (AvgIpc) is 3.09. The second kappa shape index (κ2) is 16.7. The first-order valence-electron chi connectivity index (χ1n) is 15.4. The van der Waals surface area contributed by atoms with Crippen LogP contribution in [0.2, 0.25) is 0 Å². The number of hydrogen-bond acceptors (Lipinski definition) is 7. The van der Waals surface area contributed by atoms with Gasteiger partial charge in [-0.3, -0.25) is 0 Å². The molecule has 1 saturated heterocycles. The van der Waals surface area contributed by atoms with Crippen molar-refractivity contribution < 1.29 is 38.7 Å². The lowest BCUT2D eigenvalue weighted by molar-refractivity contribution is -0.0650. The lowest BCUT2D eigenvalue weighted by Gasteiger charge is -2.39. The molecule has 0 spiro atoms. The van der Waals surface area contributed by atoms with Gasteiger partial charge in [-0.2, -0.15) is 0 Å². The molecule has 0 radical (unpaired) electrons. The fourth-order valence-corrected chi connectivity index (χ4v) is 5.41. The maximum atomic E-state index is 11.2. The van der Waals surface area contributed by atoms with Crippen molar-refractivity contribution in [2.45, 2.75) is 44.4 Å². The van der Waals surface area contributed by atoms with Crippen LogP contribution < -0.4 is 10.1 Å². The predicted octanol–water partition coefficient (Wildman–Crippen LogP) is 5.93. The Morgan fingerprint density at radius 3 is 1.67 bits per heavy atom. The zero-order chi connectivity index (χ0) is 32.1. The first kappa shape index (κ1) is 32.8. The van der Waals surface area contributed by atoms with Crippen LogP contribution in [-0.2, 0) is 34.0 Å². The molecule has 46 heavy (non-hydrogen) atoms. The van der Waals surface area contributed by atoms with Crippen molar-refractivity contribution in [2.24, 2.45) is 0 Å². The first-order chi connectivity index (χ1) is 22.5. The van der Waals surface area contributed by atoms with Crippen LogP contribution >= 0.6 is 0 Å². The van der Waals surface area contributed by atoms with E-state index in [1.165, 1.54) is 0 Å². The molecule has 0 aliphatic carbocycles. The fraction of sp³-hybridized carbons (Fsp3) is 0.297. The molecule has 3 atom stereocenters. The van der Waals surface area contributed by atoms with Gasteiger partial charge in [0.15, 0.2) is 0 Å². The number of benzene rings is 4. The standard InChI is InChI=1S/C37H39NO8/c39-36(40)30-11-7-27(8-12-30)24-45-33-21-38-22-34(46-25-28-9-13-31(14-10-28)37(41)42)35(33)29-15-17-32(18-16-29)44-20-4-19-43-23-26-5-2-1-3-6-26/h1-3,5-18,33-35,38H,4,19-25H2,(H,39,40)(H,41,42)/t33-,34+,35-. The Balaban J connectivity index is 1.21. The Kier molecular flexibility index (Phi) is 11.9. The first-order valence-corrected chi connectivity index (χ1v) is 15.4. The van der Waals surface area contributed by atoms with E-state index in [1.807, 2.05) is 54.6 Å². The van der Waals surface area contributed by atoms with Crippen LogP contribution in [0.4, 0.5) is 0 Å². The number of rotatable bonds is 16. The van der Waals surface area contributed by atoms with Crippen LogP contribution in [-0.4, -0.2) is 60.7 Å². The highest BCUT2D eigenvalue weighted by atomic mass is 16.5. The lowest BCUT2D eigenvalue weighted by atomic mass is 9.85. The molecule has 0 unspecified atom stereocenters. The van der Waals surface area contributed by atoms with Crippen molar-refractivity contribution in [1.82, 2.24) is 5.32 Å². The van der Waals surface area contributed by atoms with E-state index in [0.29, 0.717) is 46.1 Å². The van der Waals surface area contributed by atoms with Crippen LogP contribution in [0, 0.1) is 0 Å². The molecule has 4 aromatic rings. The van der Waals surface area contributed by atoms with Gasteiger partial charge in [-0.25, -0.2) is 9.59 Å². The zero-order valence-electron chi connectivity index (χ0n) is 25.5. The molecule has 0 aromatic heterocycles. The van der Waals surface area contributed by atoms with Crippen LogP contribution in [0.5, 0.6) is 5.75 Å². The topological polar surface area (TPSA) is 124 Å². The average molecular weight is 626 g/mol. The van der Waals surface area contributed by atoms with Crippen molar-refractivity contribution in [3.05, 3.63) is 137 Å².